The Morgan fingerprint density at radius 1 is 1.39 bits per heavy atom. The number of hydrogen-bond acceptors (Lipinski definition) is 2. The standard InChI is InChI=1S/C15H21BrN2/c1-17-11-13-6-2-3-8-15(13)18-10-12-5-4-7-14(16)9-12/h4-5,7,9-10,13,15,17H,2-3,6,8,11H2,1H3/t13-,15+/m1/s1. The lowest BCUT2D eigenvalue weighted by Gasteiger charge is -2.28. The van der Waals surface area contributed by atoms with Crippen molar-refractivity contribution >= 4 is 22.1 Å². The molecular weight excluding hydrogens is 288 g/mol. The van der Waals surface area contributed by atoms with E-state index in [1.807, 2.05) is 19.3 Å². The third kappa shape index (κ3) is 3.92. The van der Waals surface area contributed by atoms with Crippen LogP contribution in [0.15, 0.2) is 33.7 Å². The van der Waals surface area contributed by atoms with E-state index in [2.05, 4.69) is 39.4 Å². The summed E-state index contributed by atoms with van der Waals surface area (Å²) in [6.07, 6.45) is 7.25. The molecule has 1 aliphatic carbocycles. The van der Waals surface area contributed by atoms with Gasteiger partial charge in [0.25, 0.3) is 0 Å². The molecule has 0 aliphatic heterocycles. The number of benzene rings is 1. The highest BCUT2D eigenvalue weighted by Gasteiger charge is 2.23. The van der Waals surface area contributed by atoms with Crippen molar-refractivity contribution in [3.8, 4) is 0 Å². The van der Waals surface area contributed by atoms with E-state index in [0.717, 1.165) is 11.0 Å². The zero-order chi connectivity index (χ0) is 12.8. The van der Waals surface area contributed by atoms with Gasteiger partial charge in [0.15, 0.2) is 0 Å². The second kappa shape index (κ2) is 7.05. The summed E-state index contributed by atoms with van der Waals surface area (Å²) in [4.78, 5) is 4.81. The van der Waals surface area contributed by atoms with Crippen molar-refractivity contribution in [3.05, 3.63) is 34.3 Å². The number of aliphatic imine (C=N–C) groups is 1. The number of halogens is 1. The molecular formula is C15H21BrN2. The summed E-state index contributed by atoms with van der Waals surface area (Å²) in [7, 11) is 2.03. The number of nitrogens with zero attached hydrogens (tertiary/aromatic N) is 1. The molecule has 1 fully saturated rings. The first kappa shape index (κ1) is 13.8. The Bertz CT molecular complexity index is 401. The number of rotatable bonds is 4. The maximum atomic E-state index is 4.81. The zero-order valence-electron chi connectivity index (χ0n) is 10.9. The van der Waals surface area contributed by atoms with Crippen LogP contribution in [0.3, 0.4) is 0 Å². The average molecular weight is 309 g/mol. The molecule has 1 saturated carbocycles. The minimum atomic E-state index is 0.491. The van der Waals surface area contributed by atoms with Crippen molar-refractivity contribution in [3.63, 3.8) is 0 Å². The van der Waals surface area contributed by atoms with E-state index in [0.29, 0.717) is 12.0 Å². The van der Waals surface area contributed by atoms with Crippen LogP contribution in [0.1, 0.15) is 31.2 Å². The lowest BCUT2D eigenvalue weighted by atomic mass is 9.85. The first-order valence-corrected chi connectivity index (χ1v) is 7.52. The van der Waals surface area contributed by atoms with E-state index in [9.17, 15) is 0 Å². The quantitative estimate of drug-likeness (QED) is 0.844. The minimum Gasteiger partial charge on any atom is -0.319 e. The summed E-state index contributed by atoms with van der Waals surface area (Å²) in [6, 6.07) is 8.80. The smallest absolute Gasteiger partial charge is 0.0540 e. The molecule has 0 bridgehead atoms. The van der Waals surface area contributed by atoms with Crippen LogP contribution in [-0.4, -0.2) is 25.8 Å². The molecule has 0 heterocycles. The highest BCUT2D eigenvalue weighted by Crippen LogP contribution is 2.26. The van der Waals surface area contributed by atoms with E-state index < -0.39 is 0 Å². The summed E-state index contributed by atoms with van der Waals surface area (Å²) in [5, 5.41) is 3.29. The first-order chi connectivity index (χ1) is 8.79. The number of hydrogen-bond donors (Lipinski definition) is 1. The zero-order valence-corrected chi connectivity index (χ0v) is 12.5. The van der Waals surface area contributed by atoms with E-state index in [1.54, 1.807) is 0 Å². The summed E-state index contributed by atoms with van der Waals surface area (Å²) in [6.45, 7) is 1.08. The van der Waals surface area contributed by atoms with Gasteiger partial charge in [-0.05, 0) is 50.0 Å². The highest BCUT2D eigenvalue weighted by molar-refractivity contribution is 9.10. The van der Waals surface area contributed by atoms with Gasteiger partial charge in [-0.1, -0.05) is 40.9 Å². The third-order valence-corrected chi connectivity index (χ3v) is 4.09. The molecule has 18 heavy (non-hydrogen) atoms. The predicted molar refractivity (Wildman–Crippen MR) is 81.4 cm³/mol. The van der Waals surface area contributed by atoms with Crippen LogP contribution in [0, 0.1) is 5.92 Å². The van der Waals surface area contributed by atoms with E-state index in [-0.39, 0.29) is 0 Å². The highest BCUT2D eigenvalue weighted by atomic mass is 79.9. The Kier molecular flexibility index (Phi) is 5.39. The van der Waals surface area contributed by atoms with Crippen molar-refractivity contribution in [2.24, 2.45) is 10.9 Å². The molecule has 2 nitrogen and oxygen atoms in total. The van der Waals surface area contributed by atoms with Gasteiger partial charge in [-0.15, -0.1) is 0 Å². The van der Waals surface area contributed by atoms with Gasteiger partial charge < -0.3 is 5.32 Å². The van der Waals surface area contributed by atoms with Crippen LogP contribution in [0.25, 0.3) is 0 Å². The normalized spacial score (nSPS) is 24.6. The van der Waals surface area contributed by atoms with E-state index in [4.69, 9.17) is 4.99 Å². The van der Waals surface area contributed by atoms with Crippen LogP contribution < -0.4 is 5.32 Å². The Morgan fingerprint density at radius 2 is 2.22 bits per heavy atom. The molecule has 0 unspecified atom stereocenters. The second-order valence-corrected chi connectivity index (χ2v) is 5.92. The second-order valence-electron chi connectivity index (χ2n) is 5.00. The fourth-order valence-corrected chi connectivity index (χ4v) is 3.07. The van der Waals surface area contributed by atoms with Crippen molar-refractivity contribution in [1.82, 2.24) is 5.32 Å². The fourth-order valence-electron chi connectivity index (χ4n) is 2.65. The Balaban J connectivity index is 2.01. The molecule has 98 valence electrons. The van der Waals surface area contributed by atoms with Gasteiger partial charge in [-0.2, -0.15) is 0 Å². The predicted octanol–water partition coefficient (Wildman–Crippen LogP) is 3.65. The molecule has 1 aliphatic rings. The molecule has 0 radical (unpaired) electrons. The molecule has 3 heteroatoms. The molecule has 0 spiro atoms. The summed E-state index contributed by atoms with van der Waals surface area (Å²) in [5.74, 6) is 0.701. The Morgan fingerprint density at radius 3 is 3.00 bits per heavy atom. The lowest BCUT2D eigenvalue weighted by Crippen LogP contribution is -2.31. The SMILES string of the molecule is CNC[C@H]1CCCC[C@@H]1N=Cc1cccc(Br)c1. The Labute approximate surface area is 118 Å². The van der Waals surface area contributed by atoms with Gasteiger partial charge in [0, 0.05) is 10.7 Å². The average Bonchev–Trinajstić information content (AvgIpc) is 2.38. The summed E-state index contributed by atoms with van der Waals surface area (Å²) < 4.78 is 1.11. The van der Waals surface area contributed by atoms with Crippen LogP contribution in [0.2, 0.25) is 0 Å². The van der Waals surface area contributed by atoms with Gasteiger partial charge in [-0.25, -0.2) is 0 Å². The van der Waals surface area contributed by atoms with Crippen molar-refractivity contribution in [1.29, 1.82) is 0 Å². The molecule has 1 aromatic rings. The maximum absolute atomic E-state index is 4.81. The Hall–Kier alpha value is -0.670. The minimum absolute atomic E-state index is 0.491. The van der Waals surface area contributed by atoms with Crippen molar-refractivity contribution in [2.75, 3.05) is 13.6 Å². The van der Waals surface area contributed by atoms with Gasteiger partial charge in [-0.3, -0.25) is 4.99 Å². The van der Waals surface area contributed by atoms with Crippen LogP contribution in [0.4, 0.5) is 0 Å². The molecule has 0 amide bonds. The van der Waals surface area contributed by atoms with Crippen molar-refractivity contribution in [2.45, 2.75) is 31.7 Å². The van der Waals surface area contributed by atoms with Gasteiger partial charge in [0.1, 0.15) is 0 Å². The number of nitrogens with one attached hydrogen (secondary N) is 1. The maximum Gasteiger partial charge on any atom is 0.0540 e. The monoisotopic (exact) mass is 308 g/mol. The molecule has 2 atom stereocenters. The van der Waals surface area contributed by atoms with Gasteiger partial charge in [0.2, 0.25) is 0 Å². The first-order valence-electron chi connectivity index (χ1n) is 6.73. The lowest BCUT2D eigenvalue weighted by molar-refractivity contribution is 0.304. The molecule has 1 N–H and O–H groups in total. The fraction of sp³-hybridized carbons (Fsp3) is 0.533. The molecule has 0 aromatic heterocycles. The summed E-state index contributed by atoms with van der Waals surface area (Å²) in [5.41, 5.74) is 1.18. The largest absolute Gasteiger partial charge is 0.319 e. The molecule has 1 aromatic carbocycles. The van der Waals surface area contributed by atoms with E-state index >= 15 is 0 Å². The summed E-state index contributed by atoms with van der Waals surface area (Å²) >= 11 is 3.49. The molecule has 0 saturated heterocycles. The van der Waals surface area contributed by atoms with Crippen molar-refractivity contribution < 1.29 is 0 Å². The molecule has 2 rings (SSSR count). The van der Waals surface area contributed by atoms with Crippen LogP contribution in [-0.2, 0) is 0 Å². The topological polar surface area (TPSA) is 24.4 Å². The van der Waals surface area contributed by atoms with Gasteiger partial charge >= 0.3 is 0 Å². The van der Waals surface area contributed by atoms with Crippen LogP contribution in [0.5, 0.6) is 0 Å². The van der Waals surface area contributed by atoms with Crippen LogP contribution >= 0.6 is 15.9 Å². The van der Waals surface area contributed by atoms with Gasteiger partial charge in [0.05, 0.1) is 6.04 Å². The third-order valence-electron chi connectivity index (χ3n) is 3.60. The van der Waals surface area contributed by atoms with E-state index in [1.165, 1.54) is 31.2 Å².